The molecule has 4 heteroatoms. The van der Waals surface area contributed by atoms with Crippen LogP contribution in [0.4, 0.5) is 0 Å². The molecule has 0 radical (unpaired) electrons. The van der Waals surface area contributed by atoms with Crippen LogP contribution in [0.3, 0.4) is 0 Å². The molecule has 1 unspecified atom stereocenters. The summed E-state index contributed by atoms with van der Waals surface area (Å²) in [5.74, 6) is 0.411. The summed E-state index contributed by atoms with van der Waals surface area (Å²) in [6.45, 7) is 5.20. The van der Waals surface area contributed by atoms with Gasteiger partial charge >= 0.3 is 0 Å². The molecule has 4 nitrogen and oxygen atoms in total. The predicted molar refractivity (Wildman–Crippen MR) is 75.2 cm³/mol. The van der Waals surface area contributed by atoms with Gasteiger partial charge in [-0.2, -0.15) is 0 Å². The second-order valence-corrected chi connectivity index (χ2v) is 5.64. The molecule has 2 N–H and O–H groups in total. The van der Waals surface area contributed by atoms with Crippen LogP contribution in [0.15, 0.2) is 24.5 Å². The van der Waals surface area contributed by atoms with Crippen molar-refractivity contribution in [2.24, 2.45) is 17.6 Å². The summed E-state index contributed by atoms with van der Waals surface area (Å²) in [6, 6.07) is 4.33. The topological polar surface area (TPSA) is 59.2 Å². The first-order valence-corrected chi connectivity index (χ1v) is 7.03. The molecule has 2 rings (SSSR count). The normalized spacial score (nSPS) is 16.4. The Hall–Kier alpha value is -1.42. The zero-order chi connectivity index (χ0) is 13.8. The van der Waals surface area contributed by atoms with Gasteiger partial charge in [-0.3, -0.25) is 9.78 Å². The van der Waals surface area contributed by atoms with E-state index in [1.165, 1.54) is 0 Å². The molecule has 0 bridgehead atoms. The van der Waals surface area contributed by atoms with Crippen LogP contribution in [0.1, 0.15) is 32.3 Å². The molecule has 1 aliphatic rings. The molecule has 1 fully saturated rings. The van der Waals surface area contributed by atoms with Gasteiger partial charge in [0.2, 0.25) is 5.91 Å². The number of amides is 1. The SMILES string of the molecule is CC(C)C(CN)C(=O)N(Cc1cccnc1)C1CC1. The van der Waals surface area contributed by atoms with Crippen LogP contribution in [-0.2, 0) is 11.3 Å². The number of carbonyl (C=O) groups excluding carboxylic acids is 1. The van der Waals surface area contributed by atoms with Crippen LogP contribution in [-0.4, -0.2) is 28.4 Å². The molecule has 104 valence electrons. The van der Waals surface area contributed by atoms with E-state index >= 15 is 0 Å². The van der Waals surface area contributed by atoms with Gasteiger partial charge in [0, 0.05) is 31.5 Å². The maximum absolute atomic E-state index is 12.6. The minimum atomic E-state index is -0.0720. The second-order valence-electron chi connectivity index (χ2n) is 5.64. The minimum absolute atomic E-state index is 0.0720. The van der Waals surface area contributed by atoms with E-state index in [4.69, 9.17) is 5.73 Å². The molecule has 1 amide bonds. The number of nitrogens with zero attached hydrogens (tertiary/aromatic N) is 2. The average Bonchev–Trinajstić information content (AvgIpc) is 3.21. The lowest BCUT2D eigenvalue weighted by molar-refractivity contribution is -0.137. The van der Waals surface area contributed by atoms with Crippen molar-refractivity contribution >= 4 is 5.91 Å². The Bertz CT molecular complexity index is 415. The summed E-state index contributed by atoms with van der Waals surface area (Å²) in [5.41, 5.74) is 6.85. The average molecular weight is 261 g/mol. The van der Waals surface area contributed by atoms with E-state index in [1.807, 2.05) is 23.2 Å². The number of carbonyl (C=O) groups is 1. The summed E-state index contributed by atoms with van der Waals surface area (Å²) in [6.07, 6.45) is 5.81. The number of aromatic nitrogens is 1. The van der Waals surface area contributed by atoms with Gasteiger partial charge in [-0.1, -0.05) is 19.9 Å². The molecule has 1 aromatic rings. The first-order valence-electron chi connectivity index (χ1n) is 7.03. The van der Waals surface area contributed by atoms with E-state index in [9.17, 15) is 4.79 Å². The molecule has 1 saturated carbocycles. The van der Waals surface area contributed by atoms with Crippen LogP contribution in [0.2, 0.25) is 0 Å². The highest BCUT2D eigenvalue weighted by Gasteiger charge is 2.36. The highest BCUT2D eigenvalue weighted by Crippen LogP contribution is 2.30. The Labute approximate surface area is 115 Å². The molecule has 0 saturated heterocycles. The van der Waals surface area contributed by atoms with Gasteiger partial charge in [-0.05, 0) is 30.4 Å². The first kappa shape index (κ1) is 14.0. The van der Waals surface area contributed by atoms with Crippen molar-refractivity contribution in [1.29, 1.82) is 0 Å². The molecule has 1 aliphatic carbocycles. The summed E-state index contributed by atoms with van der Waals surface area (Å²) in [7, 11) is 0. The standard InChI is InChI=1S/C15H23N3O/c1-11(2)14(8-16)15(19)18(13-5-6-13)10-12-4-3-7-17-9-12/h3-4,7,9,11,13-14H,5-6,8,10,16H2,1-2H3. The summed E-state index contributed by atoms with van der Waals surface area (Å²) in [4.78, 5) is 18.7. The van der Waals surface area contributed by atoms with Crippen molar-refractivity contribution in [1.82, 2.24) is 9.88 Å². The van der Waals surface area contributed by atoms with Crippen molar-refractivity contribution < 1.29 is 4.79 Å². The third kappa shape index (κ3) is 3.53. The van der Waals surface area contributed by atoms with E-state index < -0.39 is 0 Å². The van der Waals surface area contributed by atoms with Gasteiger partial charge in [0.25, 0.3) is 0 Å². The Kier molecular flexibility index (Phi) is 4.53. The van der Waals surface area contributed by atoms with E-state index in [1.54, 1.807) is 6.20 Å². The molecule has 1 heterocycles. The molecule has 1 atom stereocenters. The third-order valence-electron chi connectivity index (χ3n) is 3.72. The van der Waals surface area contributed by atoms with Gasteiger partial charge in [-0.15, -0.1) is 0 Å². The predicted octanol–water partition coefficient (Wildman–Crippen LogP) is 1.80. The quantitative estimate of drug-likeness (QED) is 0.849. The summed E-state index contributed by atoms with van der Waals surface area (Å²) < 4.78 is 0. The summed E-state index contributed by atoms with van der Waals surface area (Å²) in [5, 5.41) is 0. The zero-order valence-corrected chi connectivity index (χ0v) is 11.7. The number of rotatable bonds is 6. The maximum atomic E-state index is 12.6. The lowest BCUT2D eigenvalue weighted by Gasteiger charge is -2.28. The van der Waals surface area contributed by atoms with Gasteiger partial charge in [0.05, 0.1) is 5.92 Å². The van der Waals surface area contributed by atoms with E-state index in [0.717, 1.165) is 18.4 Å². The Morgan fingerprint density at radius 1 is 1.53 bits per heavy atom. The smallest absolute Gasteiger partial charge is 0.227 e. The molecule has 19 heavy (non-hydrogen) atoms. The summed E-state index contributed by atoms with van der Waals surface area (Å²) >= 11 is 0. The van der Waals surface area contributed by atoms with E-state index in [2.05, 4.69) is 18.8 Å². The lowest BCUT2D eigenvalue weighted by Crippen LogP contribution is -2.42. The van der Waals surface area contributed by atoms with Gasteiger partial charge < -0.3 is 10.6 Å². The molecular weight excluding hydrogens is 238 g/mol. The first-order chi connectivity index (χ1) is 9.13. The fourth-order valence-electron chi connectivity index (χ4n) is 2.33. The van der Waals surface area contributed by atoms with Crippen molar-refractivity contribution in [3.8, 4) is 0 Å². The molecular formula is C15H23N3O. The van der Waals surface area contributed by atoms with Crippen molar-refractivity contribution in [3.63, 3.8) is 0 Å². The van der Waals surface area contributed by atoms with Crippen LogP contribution >= 0.6 is 0 Å². The van der Waals surface area contributed by atoms with Crippen molar-refractivity contribution in [3.05, 3.63) is 30.1 Å². The van der Waals surface area contributed by atoms with Crippen molar-refractivity contribution in [2.45, 2.75) is 39.3 Å². The molecule has 0 aliphatic heterocycles. The second kappa shape index (κ2) is 6.15. The highest BCUT2D eigenvalue weighted by atomic mass is 16.2. The largest absolute Gasteiger partial charge is 0.335 e. The lowest BCUT2D eigenvalue weighted by atomic mass is 9.94. The maximum Gasteiger partial charge on any atom is 0.227 e. The fourth-order valence-corrected chi connectivity index (χ4v) is 2.33. The zero-order valence-electron chi connectivity index (χ0n) is 11.7. The Morgan fingerprint density at radius 2 is 2.26 bits per heavy atom. The van der Waals surface area contributed by atoms with Gasteiger partial charge in [-0.25, -0.2) is 0 Å². The van der Waals surface area contributed by atoms with Crippen molar-refractivity contribution in [2.75, 3.05) is 6.54 Å². The van der Waals surface area contributed by atoms with Crippen LogP contribution in [0.5, 0.6) is 0 Å². The molecule has 1 aromatic heterocycles. The van der Waals surface area contributed by atoms with Gasteiger partial charge in [0.15, 0.2) is 0 Å². The fraction of sp³-hybridized carbons (Fsp3) is 0.600. The minimum Gasteiger partial charge on any atom is -0.335 e. The van der Waals surface area contributed by atoms with Crippen LogP contribution in [0.25, 0.3) is 0 Å². The number of nitrogens with two attached hydrogens (primary N) is 1. The number of pyridine rings is 1. The highest BCUT2D eigenvalue weighted by molar-refractivity contribution is 5.80. The number of hydrogen-bond donors (Lipinski definition) is 1. The Balaban J connectivity index is 2.09. The monoisotopic (exact) mass is 261 g/mol. The molecule has 0 aromatic carbocycles. The van der Waals surface area contributed by atoms with E-state index in [0.29, 0.717) is 19.1 Å². The van der Waals surface area contributed by atoms with Crippen LogP contribution < -0.4 is 5.73 Å². The van der Waals surface area contributed by atoms with E-state index in [-0.39, 0.29) is 17.7 Å². The third-order valence-corrected chi connectivity index (χ3v) is 3.72. The van der Waals surface area contributed by atoms with Crippen LogP contribution in [0, 0.1) is 11.8 Å². The van der Waals surface area contributed by atoms with Gasteiger partial charge in [0.1, 0.15) is 0 Å². The number of hydrogen-bond acceptors (Lipinski definition) is 3. The Morgan fingerprint density at radius 3 is 2.74 bits per heavy atom. The molecule has 0 spiro atoms.